The number of aliphatic hydroxyl groups excluding tert-OH is 1. The Labute approximate surface area is 109 Å². The van der Waals surface area contributed by atoms with Crippen molar-refractivity contribution in [1.82, 2.24) is 5.32 Å². The van der Waals surface area contributed by atoms with E-state index in [0.717, 1.165) is 23.0 Å². The summed E-state index contributed by atoms with van der Waals surface area (Å²) in [5.41, 5.74) is 6.80. The molecule has 0 saturated heterocycles. The second-order valence-corrected chi connectivity index (χ2v) is 4.78. The van der Waals surface area contributed by atoms with Crippen LogP contribution in [0.1, 0.15) is 18.0 Å². The van der Waals surface area contributed by atoms with E-state index in [2.05, 4.69) is 21.2 Å². The maximum atomic E-state index is 8.72. The van der Waals surface area contributed by atoms with Crippen molar-refractivity contribution >= 4 is 27.5 Å². The lowest BCUT2D eigenvalue weighted by Gasteiger charge is -2.18. The molecule has 0 aliphatic rings. The van der Waals surface area contributed by atoms with Gasteiger partial charge in [-0.3, -0.25) is 0 Å². The van der Waals surface area contributed by atoms with Crippen LogP contribution in [-0.4, -0.2) is 24.8 Å². The van der Waals surface area contributed by atoms with Crippen LogP contribution < -0.4 is 11.1 Å². The van der Waals surface area contributed by atoms with Gasteiger partial charge in [0.15, 0.2) is 0 Å². The van der Waals surface area contributed by atoms with E-state index in [0.29, 0.717) is 11.6 Å². The third kappa shape index (κ3) is 4.03. The van der Waals surface area contributed by atoms with Crippen LogP contribution in [0.2, 0.25) is 5.02 Å². The quantitative estimate of drug-likeness (QED) is 0.705. The third-order valence-electron chi connectivity index (χ3n) is 2.30. The Balaban J connectivity index is 2.70. The summed E-state index contributed by atoms with van der Waals surface area (Å²) in [6, 6.07) is 5.74. The minimum absolute atomic E-state index is 0.0817. The summed E-state index contributed by atoms with van der Waals surface area (Å²) in [6.45, 7) is 1.44. The molecule has 0 fully saturated rings. The average molecular weight is 308 g/mol. The Morgan fingerprint density at radius 3 is 2.81 bits per heavy atom. The van der Waals surface area contributed by atoms with Crippen LogP contribution in [0.25, 0.3) is 0 Å². The number of benzene rings is 1. The Kier molecular flexibility index (Phi) is 6.31. The molecule has 5 heteroatoms. The number of nitrogens with two attached hydrogens (primary N) is 1. The number of nitrogens with one attached hydrogen (secondary N) is 1. The van der Waals surface area contributed by atoms with Crippen LogP contribution >= 0.6 is 27.5 Å². The zero-order valence-electron chi connectivity index (χ0n) is 8.92. The summed E-state index contributed by atoms with van der Waals surface area (Å²) >= 11 is 9.35. The van der Waals surface area contributed by atoms with Gasteiger partial charge in [0.1, 0.15) is 0 Å². The van der Waals surface area contributed by atoms with Crippen molar-refractivity contribution < 1.29 is 5.11 Å². The first-order chi connectivity index (χ1) is 7.69. The molecule has 4 N–H and O–H groups in total. The van der Waals surface area contributed by atoms with E-state index in [1.807, 2.05) is 18.2 Å². The summed E-state index contributed by atoms with van der Waals surface area (Å²) < 4.78 is 0.951. The highest BCUT2D eigenvalue weighted by Crippen LogP contribution is 2.26. The predicted octanol–water partition coefficient (Wildman–Crippen LogP) is 2.07. The fraction of sp³-hybridized carbons (Fsp3) is 0.455. The van der Waals surface area contributed by atoms with Crippen molar-refractivity contribution in [2.75, 3.05) is 19.7 Å². The first-order valence-corrected chi connectivity index (χ1v) is 6.35. The summed E-state index contributed by atoms with van der Waals surface area (Å²) in [5.74, 6) is 0. The van der Waals surface area contributed by atoms with E-state index in [9.17, 15) is 0 Å². The van der Waals surface area contributed by atoms with Gasteiger partial charge in [0.2, 0.25) is 0 Å². The smallest absolute Gasteiger partial charge is 0.0455 e. The summed E-state index contributed by atoms with van der Waals surface area (Å²) in [5, 5.41) is 12.7. The van der Waals surface area contributed by atoms with Crippen molar-refractivity contribution in [3.63, 3.8) is 0 Å². The molecule has 3 nitrogen and oxygen atoms in total. The molecule has 1 atom stereocenters. The average Bonchev–Trinajstić information content (AvgIpc) is 2.26. The van der Waals surface area contributed by atoms with Crippen LogP contribution in [-0.2, 0) is 0 Å². The minimum Gasteiger partial charge on any atom is -0.396 e. The Morgan fingerprint density at radius 1 is 1.50 bits per heavy atom. The van der Waals surface area contributed by atoms with Crippen molar-refractivity contribution in [3.05, 3.63) is 33.3 Å². The summed E-state index contributed by atoms with van der Waals surface area (Å²) in [6.07, 6.45) is 0.724. The third-order valence-corrected chi connectivity index (χ3v) is 3.22. The van der Waals surface area contributed by atoms with Crippen LogP contribution in [0.4, 0.5) is 0 Å². The van der Waals surface area contributed by atoms with Gasteiger partial charge in [0, 0.05) is 28.7 Å². The van der Waals surface area contributed by atoms with Crippen LogP contribution in [0.5, 0.6) is 0 Å². The van der Waals surface area contributed by atoms with Crippen LogP contribution in [0.15, 0.2) is 22.7 Å². The molecule has 0 aliphatic carbocycles. The molecule has 1 unspecified atom stereocenters. The topological polar surface area (TPSA) is 58.3 Å². The lowest BCUT2D eigenvalue weighted by molar-refractivity contribution is 0.283. The molecule has 1 aromatic carbocycles. The molecule has 1 rings (SSSR count). The van der Waals surface area contributed by atoms with Gasteiger partial charge in [0.25, 0.3) is 0 Å². The number of hydrogen-bond donors (Lipinski definition) is 3. The van der Waals surface area contributed by atoms with Crippen molar-refractivity contribution in [1.29, 1.82) is 0 Å². The summed E-state index contributed by atoms with van der Waals surface area (Å²) in [4.78, 5) is 0. The van der Waals surface area contributed by atoms with Crippen molar-refractivity contribution in [3.8, 4) is 0 Å². The molecule has 90 valence electrons. The van der Waals surface area contributed by atoms with E-state index in [4.69, 9.17) is 22.4 Å². The molecular weight excluding hydrogens is 291 g/mol. The standard InChI is InChI=1S/C11H16BrClN2O/c12-10-6-8(13)2-3-9(10)11(7-14)15-4-1-5-16/h2-3,6,11,15-16H,1,4-5,7,14H2. The van der Waals surface area contributed by atoms with Gasteiger partial charge in [0.05, 0.1) is 0 Å². The van der Waals surface area contributed by atoms with Gasteiger partial charge in [-0.05, 0) is 30.7 Å². The number of aliphatic hydroxyl groups is 1. The fourth-order valence-corrected chi connectivity index (χ4v) is 2.42. The van der Waals surface area contributed by atoms with E-state index in [-0.39, 0.29) is 12.6 Å². The lowest BCUT2D eigenvalue weighted by atomic mass is 10.1. The molecular formula is C11H16BrClN2O. The predicted molar refractivity (Wildman–Crippen MR) is 70.7 cm³/mol. The van der Waals surface area contributed by atoms with Crippen LogP contribution in [0.3, 0.4) is 0 Å². The van der Waals surface area contributed by atoms with Gasteiger partial charge >= 0.3 is 0 Å². The second kappa shape index (κ2) is 7.25. The number of hydrogen-bond acceptors (Lipinski definition) is 3. The molecule has 0 aliphatic heterocycles. The van der Waals surface area contributed by atoms with Gasteiger partial charge in [-0.25, -0.2) is 0 Å². The lowest BCUT2D eigenvalue weighted by Crippen LogP contribution is -2.29. The van der Waals surface area contributed by atoms with Crippen molar-refractivity contribution in [2.24, 2.45) is 5.73 Å². The van der Waals surface area contributed by atoms with Crippen LogP contribution in [0, 0.1) is 0 Å². The Morgan fingerprint density at radius 2 is 2.25 bits per heavy atom. The minimum atomic E-state index is 0.0817. The highest BCUT2D eigenvalue weighted by molar-refractivity contribution is 9.10. The zero-order chi connectivity index (χ0) is 12.0. The monoisotopic (exact) mass is 306 g/mol. The van der Waals surface area contributed by atoms with E-state index < -0.39 is 0 Å². The molecule has 0 amide bonds. The van der Waals surface area contributed by atoms with E-state index in [1.54, 1.807) is 0 Å². The molecule has 0 radical (unpaired) electrons. The largest absolute Gasteiger partial charge is 0.396 e. The van der Waals surface area contributed by atoms with Gasteiger partial charge in [-0.1, -0.05) is 33.6 Å². The normalized spacial score (nSPS) is 12.8. The molecule has 16 heavy (non-hydrogen) atoms. The van der Waals surface area contributed by atoms with E-state index in [1.165, 1.54) is 0 Å². The zero-order valence-corrected chi connectivity index (χ0v) is 11.3. The molecule has 0 bridgehead atoms. The Bertz CT molecular complexity index is 336. The van der Waals surface area contributed by atoms with Gasteiger partial charge < -0.3 is 16.2 Å². The van der Waals surface area contributed by atoms with E-state index >= 15 is 0 Å². The molecule has 0 spiro atoms. The fourth-order valence-electron chi connectivity index (χ4n) is 1.46. The highest BCUT2D eigenvalue weighted by Gasteiger charge is 2.12. The number of rotatable bonds is 6. The second-order valence-electron chi connectivity index (χ2n) is 3.49. The molecule has 0 saturated carbocycles. The highest BCUT2D eigenvalue weighted by atomic mass is 79.9. The molecule has 0 aromatic heterocycles. The van der Waals surface area contributed by atoms with Crippen molar-refractivity contribution in [2.45, 2.75) is 12.5 Å². The SMILES string of the molecule is NCC(NCCCO)c1ccc(Cl)cc1Br. The molecule has 0 heterocycles. The number of halogens is 2. The Hall–Kier alpha value is -0.130. The molecule has 1 aromatic rings. The maximum absolute atomic E-state index is 8.72. The maximum Gasteiger partial charge on any atom is 0.0455 e. The van der Waals surface area contributed by atoms with Gasteiger partial charge in [-0.15, -0.1) is 0 Å². The first-order valence-electron chi connectivity index (χ1n) is 5.18. The first kappa shape index (κ1) is 13.9. The summed E-state index contributed by atoms with van der Waals surface area (Å²) in [7, 11) is 0. The van der Waals surface area contributed by atoms with Gasteiger partial charge in [-0.2, -0.15) is 0 Å².